The number of aryl methyl sites for hydroxylation is 1. The Kier molecular flexibility index (Phi) is 5.88. The normalized spacial score (nSPS) is 18.8. The topological polar surface area (TPSA) is 57.3 Å². The van der Waals surface area contributed by atoms with Gasteiger partial charge in [-0.25, -0.2) is 4.98 Å². The Bertz CT molecular complexity index is 1040. The number of fused-ring (bicyclic) bond motifs is 1. The summed E-state index contributed by atoms with van der Waals surface area (Å²) in [6, 6.07) is 18.8. The van der Waals surface area contributed by atoms with Crippen molar-refractivity contribution < 1.29 is 4.79 Å². The van der Waals surface area contributed by atoms with Crippen LogP contribution in [0, 0.1) is 6.92 Å². The van der Waals surface area contributed by atoms with Crippen LogP contribution in [0.25, 0.3) is 10.9 Å². The second-order valence-electron chi connectivity index (χ2n) is 8.47. The lowest BCUT2D eigenvalue weighted by atomic mass is 9.91. The molecule has 2 N–H and O–H groups in total. The summed E-state index contributed by atoms with van der Waals surface area (Å²) in [7, 11) is 4.13. The van der Waals surface area contributed by atoms with E-state index in [0.29, 0.717) is 6.04 Å². The van der Waals surface area contributed by atoms with Crippen molar-refractivity contribution in [2.24, 2.45) is 0 Å². The van der Waals surface area contributed by atoms with Gasteiger partial charge in [-0.2, -0.15) is 0 Å². The van der Waals surface area contributed by atoms with E-state index < -0.39 is 0 Å². The summed E-state index contributed by atoms with van der Waals surface area (Å²) in [5, 5.41) is 8.00. The van der Waals surface area contributed by atoms with Crippen molar-refractivity contribution in [1.29, 1.82) is 0 Å². The number of carbonyl (C=O) groups excluding carboxylic acids is 1. The zero-order chi connectivity index (χ0) is 21.1. The third-order valence-electron chi connectivity index (χ3n) is 5.87. The van der Waals surface area contributed by atoms with Crippen molar-refractivity contribution in [3.8, 4) is 0 Å². The minimum Gasteiger partial charge on any atom is -0.377 e. The van der Waals surface area contributed by atoms with Crippen molar-refractivity contribution >= 4 is 28.3 Å². The van der Waals surface area contributed by atoms with Crippen molar-refractivity contribution in [2.45, 2.75) is 44.7 Å². The van der Waals surface area contributed by atoms with Crippen LogP contribution in [-0.4, -0.2) is 37.1 Å². The van der Waals surface area contributed by atoms with Gasteiger partial charge in [-0.05, 0) is 50.8 Å². The first-order valence-corrected chi connectivity index (χ1v) is 10.7. The molecule has 0 saturated heterocycles. The Morgan fingerprint density at radius 2 is 1.70 bits per heavy atom. The molecular weight excluding hydrogens is 372 g/mol. The van der Waals surface area contributed by atoms with Crippen LogP contribution in [0.4, 0.5) is 11.5 Å². The number of hydrogen-bond acceptors (Lipinski definition) is 4. The lowest BCUT2D eigenvalue weighted by molar-refractivity contribution is 0.0926. The molecule has 0 radical (unpaired) electrons. The van der Waals surface area contributed by atoms with E-state index in [2.05, 4.69) is 53.9 Å². The SMILES string of the molecule is Cc1cccc(C(=O)N[C@H]2CC[C@@H](Nc3cc(N(C)C)c4ccccc4n3)CC2)c1. The smallest absolute Gasteiger partial charge is 0.251 e. The summed E-state index contributed by atoms with van der Waals surface area (Å²) >= 11 is 0. The highest BCUT2D eigenvalue weighted by Crippen LogP contribution is 2.29. The van der Waals surface area contributed by atoms with Crippen molar-refractivity contribution in [3.05, 3.63) is 65.7 Å². The molecule has 30 heavy (non-hydrogen) atoms. The first-order chi connectivity index (χ1) is 14.5. The number of rotatable bonds is 5. The highest BCUT2D eigenvalue weighted by Gasteiger charge is 2.23. The average molecular weight is 403 g/mol. The molecule has 0 bridgehead atoms. The highest BCUT2D eigenvalue weighted by atomic mass is 16.1. The fourth-order valence-corrected chi connectivity index (χ4v) is 4.25. The maximum Gasteiger partial charge on any atom is 0.251 e. The Labute approximate surface area is 178 Å². The van der Waals surface area contributed by atoms with E-state index in [4.69, 9.17) is 4.98 Å². The minimum absolute atomic E-state index is 0.0296. The molecule has 4 rings (SSSR count). The van der Waals surface area contributed by atoms with E-state index in [9.17, 15) is 4.79 Å². The van der Waals surface area contributed by atoms with Gasteiger partial charge in [-0.3, -0.25) is 4.79 Å². The molecule has 3 aromatic rings. The van der Waals surface area contributed by atoms with Crippen molar-refractivity contribution in [3.63, 3.8) is 0 Å². The second kappa shape index (κ2) is 8.74. The molecular formula is C25H30N4O. The van der Waals surface area contributed by atoms with E-state index in [1.54, 1.807) is 0 Å². The third-order valence-corrected chi connectivity index (χ3v) is 5.87. The number of nitrogens with one attached hydrogen (secondary N) is 2. The number of carbonyl (C=O) groups is 1. The fraction of sp³-hybridized carbons (Fsp3) is 0.360. The summed E-state index contributed by atoms with van der Waals surface area (Å²) in [6.07, 6.45) is 3.99. The molecule has 1 aromatic heterocycles. The number of para-hydroxylation sites is 1. The summed E-state index contributed by atoms with van der Waals surface area (Å²) in [5.74, 6) is 0.951. The van der Waals surface area contributed by atoms with Gasteiger partial charge in [0.1, 0.15) is 5.82 Å². The molecule has 156 valence electrons. The lowest BCUT2D eigenvalue weighted by Crippen LogP contribution is -2.40. The minimum atomic E-state index is 0.0296. The monoisotopic (exact) mass is 402 g/mol. The third kappa shape index (κ3) is 4.56. The Hall–Kier alpha value is -3.08. The first-order valence-electron chi connectivity index (χ1n) is 10.7. The number of pyridine rings is 1. The standard InChI is InChI=1S/C25H30N4O/c1-17-7-6-8-18(15-17)25(30)27-20-13-11-19(12-14-20)26-24-16-23(29(2)3)21-9-4-5-10-22(21)28-24/h4-10,15-16,19-20H,11-14H2,1-3H3,(H,26,28)(H,27,30)/t19-,20+. The molecule has 1 aliphatic rings. The number of amides is 1. The molecule has 0 aliphatic heterocycles. The maximum atomic E-state index is 12.5. The van der Waals surface area contributed by atoms with Gasteiger partial charge in [-0.15, -0.1) is 0 Å². The first kappa shape index (κ1) is 20.2. The summed E-state index contributed by atoms with van der Waals surface area (Å²) in [4.78, 5) is 19.5. The average Bonchev–Trinajstić information content (AvgIpc) is 2.74. The summed E-state index contributed by atoms with van der Waals surface area (Å²) < 4.78 is 0. The van der Waals surface area contributed by atoms with Crippen LogP contribution in [0.15, 0.2) is 54.6 Å². The van der Waals surface area contributed by atoms with E-state index in [1.807, 2.05) is 37.3 Å². The quantitative estimate of drug-likeness (QED) is 0.646. The van der Waals surface area contributed by atoms with Crippen LogP contribution >= 0.6 is 0 Å². The molecule has 0 spiro atoms. The molecule has 0 atom stereocenters. The zero-order valence-corrected chi connectivity index (χ0v) is 18.0. The molecule has 5 heteroatoms. The molecule has 0 unspecified atom stereocenters. The van der Waals surface area contributed by atoms with Crippen LogP contribution in [0.2, 0.25) is 0 Å². The largest absolute Gasteiger partial charge is 0.377 e. The number of aromatic nitrogens is 1. The zero-order valence-electron chi connectivity index (χ0n) is 18.0. The molecule has 1 fully saturated rings. The summed E-state index contributed by atoms with van der Waals surface area (Å²) in [5.41, 5.74) is 4.02. The Balaban J connectivity index is 1.37. The van der Waals surface area contributed by atoms with E-state index in [-0.39, 0.29) is 11.9 Å². The van der Waals surface area contributed by atoms with Gasteiger partial charge >= 0.3 is 0 Å². The molecule has 1 saturated carbocycles. The van der Waals surface area contributed by atoms with Gasteiger partial charge in [0, 0.05) is 48.9 Å². The number of hydrogen-bond donors (Lipinski definition) is 2. The van der Waals surface area contributed by atoms with Gasteiger partial charge in [-0.1, -0.05) is 35.9 Å². The van der Waals surface area contributed by atoms with Gasteiger partial charge in [0.25, 0.3) is 5.91 Å². The van der Waals surface area contributed by atoms with Crippen LogP contribution in [0.1, 0.15) is 41.6 Å². The van der Waals surface area contributed by atoms with E-state index >= 15 is 0 Å². The van der Waals surface area contributed by atoms with Crippen molar-refractivity contribution in [2.75, 3.05) is 24.3 Å². The fourth-order valence-electron chi connectivity index (χ4n) is 4.25. The second-order valence-corrected chi connectivity index (χ2v) is 8.47. The predicted octanol–water partition coefficient (Wildman–Crippen LogP) is 4.76. The predicted molar refractivity (Wildman–Crippen MR) is 124 cm³/mol. The van der Waals surface area contributed by atoms with Crippen LogP contribution in [0.5, 0.6) is 0 Å². The van der Waals surface area contributed by atoms with Gasteiger partial charge in [0.05, 0.1) is 5.52 Å². The number of anilines is 2. The molecule has 2 aromatic carbocycles. The Morgan fingerprint density at radius 1 is 0.967 bits per heavy atom. The van der Waals surface area contributed by atoms with E-state index in [1.165, 1.54) is 5.69 Å². The van der Waals surface area contributed by atoms with E-state index in [0.717, 1.165) is 53.5 Å². The van der Waals surface area contributed by atoms with Gasteiger partial charge < -0.3 is 15.5 Å². The van der Waals surface area contributed by atoms with Gasteiger partial charge in [0.15, 0.2) is 0 Å². The number of benzene rings is 2. The number of nitrogens with zero attached hydrogens (tertiary/aromatic N) is 2. The lowest BCUT2D eigenvalue weighted by Gasteiger charge is -2.30. The molecule has 1 amide bonds. The van der Waals surface area contributed by atoms with Gasteiger partial charge in [0.2, 0.25) is 0 Å². The summed E-state index contributed by atoms with van der Waals surface area (Å²) in [6.45, 7) is 2.01. The Morgan fingerprint density at radius 3 is 2.43 bits per heavy atom. The molecule has 5 nitrogen and oxygen atoms in total. The van der Waals surface area contributed by atoms with Crippen molar-refractivity contribution in [1.82, 2.24) is 10.3 Å². The van der Waals surface area contributed by atoms with Crippen LogP contribution in [0.3, 0.4) is 0 Å². The highest BCUT2D eigenvalue weighted by molar-refractivity contribution is 5.94. The maximum absolute atomic E-state index is 12.5. The van der Waals surface area contributed by atoms with Crippen LogP contribution < -0.4 is 15.5 Å². The van der Waals surface area contributed by atoms with Crippen LogP contribution in [-0.2, 0) is 0 Å². The molecule has 1 heterocycles. The molecule has 1 aliphatic carbocycles.